The highest BCUT2D eigenvalue weighted by Gasteiger charge is 2.29. The predicted octanol–water partition coefficient (Wildman–Crippen LogP) is 1.03. The summed E-state index contributed by atoms with van der Waals surface area (Å²) in [6.45, 7) is 4.50. The number of hydrogen-bond acceptors (Lipinski definition) is 5. The topological polar surface area (TPSA) is 122 Å². The Bertz CT molecular complexity index is 724. The lowest BCUT2D eigenvalue weighted by Gasteiger charge is -2.22. The highest BCUT2D eigenvalue weighted by atomic mass is 19.1. The van der Waals surface area contributed by atoms with Crippen LogP contribution in [0.4, 0.5) is 4.39 Å². The normalized spacial score (nSPS) is 13.7. The van der Waals surface area contributed by atoms with E-state index in [1.165, 1.54) is 32.0 Å². The minimum Gasteiger partial charge on any atom is -0.480 e. The first-order valence-corrected chi connectivity index (χ1v) is 8.85. The molecule has 9 heteroatoms. The number of ether oxygens (including phenoxy) is 1. The van der Waals surface area contributed by atoms with Gasteiger partial charge in [0.05, 0.1) is 12.5 Å². The second-order valence-corrected chi connectivity index (χ2v) is 6.38. The van der Waals surface area contributed by atoms with Crippen LogP contribution in [0.3, 0.4) is 0 Å². The molecule has 1 rings (SSSR count). The van der Waals surface area contributed by atoms with E-state index in [0.29, 0.717) is 5.56 Å². The van der Waals surface area contributed by atoms with Gasteiger partial charge in [0.2, 0.25) is 11.8 Å². The molecule has 0 heterocycles. The van der Waals surface area contributed by atoms with E-state index in [2.05, 4.69) is 10.6 Å². The Kier molecular flexibility index (Phi) is 9.07. The number of carboxylic acids is 1. The Morgan fingerprint density at radius 1 is 1.18 bits per heavy atom. The molecule has 0 radical (unpaired) electrons. The average Bonchev–Trinajstić information content (AvgIpc) is 2.60. The maximum atomic E-state index is 13.4. The number of hydrogen-bond donors (Lipinski definition) is 3. The fourth-order valence-corrected chi connectivity index (χ4v) is 2.58. The smallest absolute Gasteiger partial charge is 0.326 e. The summed E-state index contributed by atoms with van der Waals surface area (Å²) in [4.78, 5) is 47.2. The maximum Gasteiger partial charge on any atom is 0.326 e. The first-order valence-electron chi connectivity index (χ1n) is 8.85. The molecule has 8 nitrogen and oxygen atoms in total. The molecule has 0 saturated carbocycles. The zero-order valence-corrected chi connectivity index (χ0v) is 16.0. The molecule has 0 spiro atoms. The second-order valence-electron chi connectivity index (χ2n) is 6.38. The Hall–Kier alpha value is -2.97. The molecular formula is C19H25FN2O6. The first kappa shape index (κ1) is 23.1. The fourth-order valence-electron chi connectivity index (χ4n) is 2.58. The molecule has 0 aliphatic carbocycles. The van der Waals surface area contributed by atoms with E-state index in [1.807, 2.05) is 0 Å². The van der Waals surface area contributed by atoms with Crippen molar-refractivity contribution in [3.8, 4) is 0 Å². The van der Waals surface area contributed by atoms with Crippen LogP contribution in [0, 0.1) is 11.7 Å². The van der Waals surface area contributed by atoms with Crippen LogP contribution in [0.5, 0.6) is 0 Å². The van der Waals surface area contributed by atoms with Crippen molar-refractivity contribution in [2.24, 2.45) is 5.92 Å². The zero-order chi connectivity index (χ0) is 21.3. The van der Waals surface area contributed by atoms with Crippen molar-refractivity contribution in [3.05, 3.63) is 35.6 Å². The summed E-state index contributed by atoms with van der Waals surface area (Å²) in [5, 5.41) is 14.1. The number of esters is 1. The van der Waals surface area contributed by atoms with Crippen LogP contribution in [-0.4, -0.2) is 47.6 Å². The summed E-state index contributed by atoms with van der Waals surface area (Å²) >= 11 is 0. The molecule has 0 aliphatic heterocycles. The quantitative estimate of drug-likeness (QED) is 0.508. The molecule has 0 saturated heterocycles. The van der Waals surface area contributed by atoms with Crippen molar-refractivity contribution >= 4 is 23.8 Å². The number of nitrogens with one attached hydrogen (secondary N) is 2. The molecule has 1 aromatic rings. The molecule has 28 heavy (non-hydrogen) atoms. The van der Waals surface area contributed by atoms with Gasteiger partial charge < -0.3 is 20.5 Å². The molecular weight excluding hydrogens is 371 g/mol. The Morgan fingerprint density at radius 3 is 2.39 bits per heavy atom. The maximum absolute atomic E-state index is 13.4. The molecule has 1 aromatic carbocycles. The van der Waals surface area contributed by atoms with E-state index in [9.17, 15) is 28.7 Å². The summed E-state index contributed by atoms with van der Waals surface area (Å²) < 4.78 is 18.2. The van der Waals surface area contributed by atoms with Crippen LogP contribution >= 0.6 is 0 Å². The Labute approximate surface area is 162 Å². The summed E-state index contributed by atoms with van der Waals surface area (Å²) in [5.74, 6) is -4.38. The fraction of sp³-hybridized carbons (Fsp3) is 0.474. The third-order valence-corrected chi connectivity index (χ3v) is 3.92. The van der Waals surface area contributed by atoms with Gasteiger partial charge in [0.25, 0.3) is 0 Å². The van der Waals surface area contributed by atoms with Gasteiger partial charge in [0.1, 0.15) is 17.9 Å². The summed E-state index contributed by atoms with van der Waals surface area (Å²) in [5.41, 5.74) is 0.459. The van der Waals surface area contributed by atoms with Crippen LogP contribution in [0.2, 0.25) is 0 Å². The van der Waals surface area contributed by atoms with Crippen LogP contribution < -0.4 is 10.6 Å². The number of carbonyl (C=O) groups is 4. The first-order chi connectivity index (χ1) is 13.1. The van der Waals surface area contributed by atoms with E-state index in [1.54, 1.807) is 13.0 Å². The average molecular weight is 396 g/mol. The van der Waals surface area contributed by atoms with E-state index >= 15 is 0 Å². The lowest BCUT2D eigenvalue weighted by atomic mass is 10.0. The largest absolute Gasteiger partial charge is 0.480 e. The van der Waals surface area contributed by atoms with Crippen molar-refractivity contribution in [2.45, 2.75) is 45.7 Å². The number of rotatable bonds is 10. The van der Waals surface area contributed by atoms with Gasteiger partial charge in [-0.1, -0.05) is 19.1 Å². The standard InChI is InChI=1S/C19H25FN2O6/c1-4-28-19(27)11(2)8-16(18(25)26)22-17(24)15(21-12(3)23)10-13-6-5-7-14(20)9-13/h5-7,9,11,15-16H,4,8,10H2,1-3H3,(H,21,23)(H,22,24)(H,25,26)/t11-,15-,16+/m0/s1. The van der Waals surface area contributed by atoms with Crippen molar-refractivity contribution in [1.29, 1.82) is 0 Å². The van der Waals surface area contributed by atoms with Gasteiger partial charge in [-0.2, -0.15) is 0 Å². The van der Waals surface area contributed by atoms with Gasteiger partial charge in [-0.15, -0.1) is 0 Å². The second kappa shape index (κ2) is 11.0. The van der Waals surface area contributed by atoms with Crippen LogP contribution in [0.1, 0.15) is 32.8 Å². The van der Waals surface area contributed by atoms with Gasteiger partial charge in [-0.05, 0) is 31.0 Å². The predicted molar refractivity (Wildman–Crippen MR) is 97.7 cm³/mol. The number of carboxylic acid groups (broad SMARTS) is 1. The molecule has 2 amide bonds. The van der Waals surface area contributed by atoms with Crippen LogP contribution in [0.15, 0.2) is 24.3 Å². The van der Waals surface area contributed by atoms with Crippen molar-refractivity contribution in [1.82, 2.24) is 10.6 Å². The SMILES string of the molecule is CCOC(=O)[C@@H](C)C[C@@H](NC(=O)[C@H](Cc1cccc(F)c1)NC(C)=O)C(=O)O. The molecule has 0 bridgehead atoms. The molecule has 0 aliphatic rings. The zero-order valence-electron chi connectivity index (χ0n) is 16.0. The lowest BCUT2D eigenvalue weighted by Crippen LogP contribution is -2.52. The van der Waals surface area contributed by atoms with E-state index < -0.39 is 47.6 Å². The number of halogens is 1. The van der Waals surface area contributed by atoms with Crippen LogP contribution in [0.25, 0.3) is 0 Å². The minimum atomic E-state index is -1.35. The monoisotopic (exact) mass is 396 g/mol. The van der Waals surface area contributed by atoms with Crippen molar-refractivity contribution in [2.75, 3.05) is 6.61 Å². The van der Waals surface area contributed by atoms with Gasteiger partial charge in [-0.25, -0.2) is 9.18 Å². The Morgan fingerprint density at radius 2 is 1.86 bits per heavy atom. The Balaban J connectivity index is 2.88. The van der Waals surface area contributed by atoms with E-state index in [0.717, 1.165) is 0 Å². The van der Waals surface area contributed by atoms with Gasteiger partial charge in [0.15, 0.2) is 0 Å². The molecule has 0 aromatic heterocycles. The van der Waals surface area contributed by atoms with E-state index in [-0.39, 0.29) is 19.4 Å². The van der Waals surface area contributed by atoms with Gasteiger partial charge in [0, 0.05) is 13.3 Å². The van der Waals surface area contributed by atoms with Crippen molar-refractivity contribution < 1.29 is 33.4 Å². The van der Waals surface area contributed by atoms with Crippen molar-refractivity contribution in [3.63, 3.8) is 0 Å². The molecule has 3 atom stereocenters. The number of benzene rings is 1. The molecule has 0 unspecified atom stereocenters. The molecule has 154 valence electrons. The van der Waals surface area contributed by atoms with E-state index in [4.69, 9.17) is 4.74 Å². The molecule has 3 N–H and O–H groups in total. The highest BCUT2D eigenvalue weighted by molar-refractivity contribution is 5.90. The third kappa shape index (κ3) is 7.73. The summed E-state index contributed by atoms with van der Waals surface area (Å²) in [7, 11) is 0. The number of aliphatic carboxylic acids is 1. The lowest BCUT2D eigenvalue weighted by molar-refractivity contribution is -0.149. The summed E-state index contributed by atoms with van der Waals surface area (Å²) in [6, 6.07) is 3.07. The van der Waals surface area contributed by atoms with Gasteiger partial charge >= 0.3 is 11.9 Å². The third-order valence-electron chi connectivity index (χ3n) is 3.92. The summed E-state index contributed by atoms with van der Waals surface area (Å²) in [6.07, 6.45) is -0.199. The number of amides is 2. The molecule has 0 fully saturated rings. The number of carbonyl (C=O) groups excluding carboxylic acids is 3. The van der Waals surface area contributed by atoms with Gasteiger partial charge in [-0.3, -0.25) is 14.4 Å². The highest BCUT2D eigenvalue weighted by Crippen LogP contribution is 2.11. The van der Waals surface area contributed by atoms with Crippen LogP contribution in [-0.2, 0) is 30.3 Å². The minimum absolute atomic E-state index is 0.0249.